The van der Waals surface area contributed by atoms with Gasteiger partial charge in [0.05, 0.1) is 20.6 Å². The Hall–Kier alpha value is -2.25. The van der Waals surface area contributed by atoms with Crippen LogP contribution in [0.25, 0.3) is 0 Å². The molecule has 0 saturated carbocycles. The van der Waals surface area contributed by atoms with Gasteiger partial charge in [-0.15, -0.1) is 0 Å². The van der Waals surface area contributed by atoms with Crippen LogP contribution in [0.4, 0.5) is 11.4 Å². The number of nitrogens with one attached hydrogen (secondary N) is 1. The van der Waals surface area contributed by atoms with Crippen molar-refractivity contribution in [3.8, 4) is 0 Å². The number of carbonyl (C=O) groups excluding carboxylic acids is 1. The highest BCUT2D eigenvalue weighted by Crippen LogP contribution is 2.35. The summed E-state index contributed by atoms with van der Waals surface area (Å²) in [5.41, 5.74) is 2.17. The molecule has 0 atom stereocenters. The predicted molar refractivity (Wildman–Crippen MR) is 127 cm³/mol. The van der Waals surface area contributed by atoms with Crippen LogP contribution < -0.4 is 9.62 Å². The molecule has 0 fully saturated rings. The summed E-state index contributed by atoms with van der Waals surface area (Å²) in [5.74, 6) is -0.558. The summed E-state index contributed by atoms with van der Waals surface area (Å²) in [6, 6.07) is 16.0. The van der Waals surface area contributed by atoms with Gasteiger partial charge in [-0.2, -0.15) is 0 Å². The maximum Gasteiger partial charge on any atom is 0.264 e. The van der Waals surface area contributed by atoms with Crippen LogP contribution in [0.1, 0.15) is 11.1 Å². The Morgan fingerprint density at radius 3 is 2.19 bits per heavy atom. The van der Waals surface area contributed by atoms with Crippen molar-refractivity contribution in [2.45, 2.75) is 18.7 Å². The first-order valence-corrected chi connectivity index (χ1v) is 11.8. The van der Waals surface area contributed by atoms with Gasteiger partial charge in [-0.25, -0.2) is 8.42 Å². The van der Waals surface area contributed by atoms with Crippen molar-refractivity contribution in [2.24, 2.45) is 0 Å². The Labute approximate surface area is 196 Å². The zero-order valence-electron chi connectivity index (χ0n) is 16.7. The molecule has 0 radical (unpaired) electrons. The number of sulfonamides is 1. The molecule has 0 unspecified atom stereocenters. The molecule has 0 bridgehead atoms. The van der Waals surface area contributed by atoms with Gasteiger partial charge in [0, 0.05) is 10.7 Å². The van der Waals surface area contributed by atoms with E-state index in [1.54, 1.807) is 49.4 Å². The molecule has 3 aromatic carbocycles. The number of carbonyl (C=O) groups is 1. The van der Waals surface area contributed by atoms with Crippen LogP contribution in [-0.2, 0) is 14.8 Å². The summed E-state index contributed by atoms with van der Waals surface area (Å²) in [6.45, 7) is 3.09. The third-order valence-electron chi connectivity index (χ3n) is 4.64. The lowest BCUT2D eigenvalue weighted by Crippen LogP contribution is -2.38. The largest absolute Gasteiger partial charge is 0.324 e. The van der Waals surface area contributed by atoms with Crippen molar-refractivity contribution >= 4 is 62.1 Å². The van der Waals surface area contributed by atoms with Gasteiger partial charge in [0.1, 0.15) is 6.54 Å². The third-order valence-corrected chi connectivity index (χ3v) is 7.63. The van der Waals surface area contributed by atoms with Gasteiger partial charge in [-0.3, -0.25) is 9.10 Å². The van der Waals surface area contributed by atoms with E-state index in [9.17, 15) is 13.2 Å². The van der Waals surface area contributed by atoms with Crippen molar-refractivity contribution in [2.75, 3.05) is 16.2 Å². The number of aryl methyl sites for hydroxylation is 1. The van der Waals surface area contributed by atoms with Crippen molar-refractivity contribution in [1.29, 1.82) is 0 Å². The topological polar surface area (TPSA) is 66.5 Å². The highest BCUT2D eigenvalue weighted by molar-refractivity contribution is 7.92. The van der Waals surface area contributed by atoms with Gasteiger partial charge in [0.25, 0.3) is 10.0 Å². The van der Waals surface area contributed by atoms with Crippen molar-refractivity contribution in [3.63, 3.8) is 0 Å². The SMILES string of the molecule is Cc1ccc(S(=O)(=O)N(CC(=O)Nc2cccc(Cl)c2C)c2cccc(Cl)c2Cl)cc1. The minimum atomic E-state index is -4.11. The maximum absolute atomic E-state index is 13.4. The van der Waals surface area contributed by atoms with Crippen molar-refractivity contribution < 1.29 is 13.2 Å². The molecule has 0 aliphatic carbocycles. The summed E-state index contributed by atoms with van der Waals surface area (Å²) < 4.78 is 27.8. The first-order chi connectivity index (χ1) is 14.6. The molecular weight excluding hydrogens is 479 g/mol. The fourth-order valence-corrected chi connectivity index (χ4v) is 4.94. The summed E-state index contributed by atoms with van der Waals surface area (Å²) >= 11 is 18.5. The number of anilines is 2. The Morgan fingerprint density at radius 1 is 0.903 bits per heavy atom. The quantitative estimate of drug-likeness (QED) is 0.447. The maximum atomic E-state index is 13.4. The Kier molecular flexibility index (Phi) is 7.17. The molecule has 1 N–H and O–H groups in total. The van der Waals surface area contributed by atoms with E-state index in [-0.39, 0.29) is 20.6 Å². The molecule has 0 aliphatic heterocycles. The number of nitrogens with zero attached hydrogens (tertiary/aromatic N) is 1. The van der Waals surface area contributed by atoms with Crippen molar-refractivity contribution in [1.82, 2.24) is 0 Å². The summed E-state index contributed by atoms with van der Waals surface area (Å²) in [4.78, 5) is 12.9. The number of hydrogen-bond acceptors (Lipinski definition) is 3. The first-order valence-electron chi connectivity index (χ1n) is 9.19. The molecule has 162 valence electrons. The molecule has 0 aliphatic rings. The monoisotopic (exact) mass is 496 g/mol. The number of rotatable bonds is 6. The normalized spacial score (nSPS) is 11.3. The van der Waals surface area contributed by atoms with Gasteiger partial charge < -0.3 is 5.32 Å². The molecular formula is C22H19Cl3N2O3S. The lowest BCUT2D eigenvalue weighted by molar-refractivity contribution is -0.114. The van der Waals surface area contributed by atoms with Crippen LogP contribution >= 0.6 is 34.8 Å². The smallest absolute Gasteiger partial charge is 0.264 e. The minimum absolute atomic E-state index is 0.0286. The van der Waals surface area contributed by atoms with E-state index in [2.05, 4.69) is 5.32 Å². The highest BCUT2D eigenvalue weighted by Gasteiger charge is 2.29. The molecule has 3 rings (SSSR count). The van der Waals surface area contributed by atoms with Crippen LogP contribution in [0.2, 0.25) is 15.1 Å². The average Bonchev–Trinajstić information content (AvgIpc) is 2.72. The van der Waals surface area contributed by atoms with E-state index in [1.165, 1.54) is 18.2 Å². The minimum Gasteiger partial charge on any atom is -0.324 e. The van der Waals surface area contributed by atoms with Gasteiger partial charge in [-0.05, 0) is 55.8 Å². The van der Waals surface area contributed by atoms with Crippen LogP contribution in [-0.4, -0.2) is 20.9 Å². The Balaban J connectivity index is 2.02. The zero-order chi connectivity index (χ0) is 22.8. The second-order valence-electron chi connectivity index (χ2n) is 6.86. The summed E-state index contributed by atoms with van der Waals surface area (Å²) in [7, 11) is -4.11. The lowest BCUT2D eigenvalue weighted by atomic mass is 10.2. The first kappa shape index (κ1) is 23.4. The second-order valence-corrected chi connectivity index (χ2v) is 9.91. The highest BCUT2D eigenvalue weighted by atomic mass is 35.5. The van der Waals surface area contributed by atoms with E-state index < -0.39 is 22.5 Å². The van der Waals surface area contributed by atoms with E-state index in [4.69, 9.17) is 34.8 Å². The molecule has 1 amide bonds. The zero-order valence-corrected chi connectivity index (χ0v) is 19.8. The van der Waals surface area contributed by atoms with E-state index in [0.29, 0.717) is 16.3 Å². The molecule has 0 saturated heterocycles. The lowest BCUT2D eigenvalue weighted by Gasteiger charge is -2.25. The fraction of sp³-hybridized carbons (Fsp3) is 0.136. The number of halogens is 3. The molecule has 3 aromatic rings. The second kappa shape index (κ2) is 9.49. The van der Waals surface area contributed by atoms with Crippen molar-refractivity contribution in [3.05, 3.63) is 86.9 Å². The van der Waals surface area contributed by atoms with Gasteiger partial charge in [-0.1, -0.05) is 64.6 Å². The summed E-state index contributed by atoms with van der Waals surface area (Å²) in [6.07, 6.45) is 0. The van der Waals surface area contributed by atoms with Crippen LogP contribution in [0, 0.1) is 13.8 Å². The van der Waals surface area contributed by atoms with Crippen LogP contribution in [0.3, 0.4) is 0 Å². The standard InChI is InChI=1S/C22H19Cl3N2O3S/c1-14-9-11-16(12-10-14)31(29,30)27(20-8-4-6-18(24)22(20)25)13-21(28)26-19-7-3-5-17(23)15(19)2/h3-12H,13H2,1-2H3,(H,26,28). The van der Waals surface area contributed by atoms with E-state index in [0.717, 1.165) is 9.87 Å². The van der Waals surface area contributed by atoms with Crippen LogP contribution in [0.5, 0.6) is 0 Å². The average molecular weight is 498 g/mol. The Morgan fingerprint density at radius 2 is 1.52 bits per heavy atom. The van der Waals surface area contributed by atoms with Gasteiger partial charge >= 0.3 is 0 Å². The molecule has 0 spiro atoms. The van der Waals surface area contributed by atoms with Gasteiger partial charge in [0.2, 0.25) is 5.91 Å². The van der Waals surface area contributed by atoms with Crippen LogP contribution in [0.15, 0.2) is 65.6 Å². The third kappa shape index (κ3) is 5.15. The predicted octanol–water partition coefficient (Wildman–Crippen LogP) is 6.10. The number of hydrogen-bond donors (Lipinski definition) is 1. The number of amides is 1. The summed E-state index contributed by atoms with van der Waals surface area (Å²) in [5, 5.41) is 3.41. The molecule has 9 heteroatoms. The number of benzene rings is 3. The Bertz CT molecular complexity index is 1230. The van der Waals surface area contributed by atoms with E-state index in [1.807, 2.05) is 6.92 Å². The molecule has 0 aromatic heterocycles. The van der Waals surface area contributed by atoms with Gasteiger partial charge in [0.15, 0.2) is 0 Å². The molecule has 5 nitrogen and oxygen atoms in total. The van der Waals surface area contributed by atoms with E-state index >= 15 is 0 Å². The molecule has 0 heterocycles. The fourth-order valence-electron chi connectivity index (χ4n) is 2.89. The molecule has 31 heavy (non-hydrogen) atoms.